The molecule has 22 heavy (non-hydrogen) atoms. The molecule has 0 radical (unpaired) electrons. The van der Waals surface area contributed by atoms with Crippen molar-refractivity contribution in [3.63, 3.8) is 0 Å². The Bertz CT molecular complexity index is 911. The lowest BCUT2D eigenvalue weighted by Crippen LogP contribution is -2.25. The normalized spacial score (nSPS) is 10.8. The largest absolute Gasteiger partial charge is 0.326 e. The zero-order chi connectivity index (χ0) is 15.7. The molecule has 2 aromatic carbocycles. The lowest BCUT2D eigenvalue weighted by Gasteiger charge is -2.08. The molecule has 0 spiro atoms. The molecule has 0 saturated heterocycles. The van der Waals surface area contributed by atoms with Gasteiger partial charge < -0.3 is 10.3 Å². The first kappa shape index (κ1) is 14.6. The van der Waals surface area contributed by atoms with Crippen LogP contribution in [0.4, 0.5) is 5.69 Å². The highest BCUT2D eigenvalue weighted by molar-refractivity contribution is 9.10. The van der Waals surface area contributed by atoms with Crippen LogP contribution in [0.2, 0.25) is 0 Å². The van der Waals surface area contributed by atoms with Crippen molar-refractivity contribution >= 4 is 38.6 Å². The van der Waals surface area contributed by atoms with Crippen LogP contribution in [0, 0.1) is 6.92 Å². The van der Waals surface area contributed by atoms with Gasteiger partial charge in [0, 0.05) is 10.2 Å². The molecule has 3 aromatic rings. The maximum Gasteiger partial charge on any atom is 0.326 e. The molecule has 112 valence electrons. The number of para-hydroxylation sites is 2. The Kier molecular flexibility index (Phi) is 3.85. The third kappa shape index (κ3) is 2.82. The Labute approximate surface area is 135 Å². The van der Waals surface area contributed by atoms with Gasteiger partial charge in [-0.25, -0.2) is 4.79 Å². The number of hydrogen-bond donors (Lipinski definition) is 2. The first-order valence-corrected chi connectivity index (χ1v) is 7.57. The summed E-state index contributed by atoms with van der Waals surface area (Å²) in [5.74, 6) is -0.242. The number of halogens is 1. The lowest BCUT2D eigenvalue weighted by molar-refractivity contribution is -0.116. The van der Waals surface area contributed by atoms with E-state index in [1.807, 2.05) is 49.4 Å². The van der Waals surface area contributed by atoms with Crippen molar-refractivity contribution in [2.24, 2.45) is 0 Å². The molecule has 0 aliphatic rings. The summed E-state index contributed by atoms with van der Waals surface area (Å²) in [5, 5.41) is 2.81. The number of rotatable bonds is 3. The molecule has 1 amide bonds. The van der Waals surface area contributed by atoms with Crippen LogP contribution in [-0.2, 0) is 11.3 Å². The van der Waals surface area contributed by atoms with Crippen molar-refractivity contribution in [3.8, 4) is 0 Å². The van der Waals surface area contributed by atoms with E-state index in [4.69, 9.17) is 0 Å². The molecule has 0 aliphatic carbocycles. The molecule has 0 bridgehead atoms. The van der Waals surface area contributed by atoms with Crippen molar-refractivity contribution in [1.29, 1.82) is 0 Å². The molecular formula is C16H14BrN3O2. The maximum absolute atomic E-state index is 12.2. The minimum Gasteiger partial charge on any atom is -0.325 e. The van der Waals surface area contributed by atoms with Crippen LogP contribution in [0.15, 0.2) is 51.7 Å². The lowest BCUT2D eigenvalue weighted by atomic mass is 10.2. The van der Waals surface area contributed by atoms with Gasteiger partial charge in [0.2, 0.25) is 5.91 Å². The number of carbonyl (C=O) groups is 1. The van der Waals surface area contributed by atoms with Crippen molar-refractivity contribution in [3.05, 3.63) is 63.0 Å². The molecule has 0 unspecified atom stereocenters. The highest BCUT2D eigenvalue weighted by atomic mass is 79.9. The Hall–Kier alpha value is -2.34. The van der Waals surface area contributed by atoms with Gasteiger partial charge in [-0.2, -0.15) is 0 Å². The molecule has 0 saturated carbocycles. The summed E-state index contributed by atoms with van der Waals surface area (Å²) < 4.78 is 2.41. The fourth-order valence-electron chi connectivity index (χ4n) is 2.33. The van der Waals surface area contributed by atoms with Crippen LogP contribution < -0.4 is 11.0 Å². The number of nitrogens with zero attached hydrogens (tertiary/aromatic N) is 1. The molecule has 5 nitrogen and oxygen atoms in total. The zero-order valence-corrected chi connectivity index (χ0v) is 13.5. The van der Waals surface area contributed by atoms with Gasteiger partial charge >= 0.3 is 5.69 Å². The average molecular weight is 360 g/mol. The zero-order valence-electron chi connectivity index (χ0n) is 11.9. The van der Waals surface area contributed by atoms with Crippen molar-refractivity contribution in [2.75, 3.05) is 5.32 Å². The molecule has 0 atom stereocenters. The van der Waals surface area contributed by atoms with E-state index in [-0.39, 0.29) is 18.1 Å². The van der Waals surface area contributed by atoms with Crippen LogP contribution in [0.25, 0.3) is 11.0 Å². The van der Waals surface area contributed by atoms with Gasteiger partial charge in [0.1, 0.15) is 6.54 Å². The van der Waals surface area contributed by atoms with Gasteiger partial charge in [-0.3, -0.25) is 9.36 Å². The number of benzene rings is 2. The Morgan fingerprint density at radius 2 is 2.05 bits per heavy atom. The Morgan fingerprint density at radius 3 is 2.82 bits per heavy atom. The predicted molar refractivity (Wildman–Crippen MR) is 90.1 cm³/mol. The SMILES string of the molecule is Cc1cc(NC(=O)Cn2c(=O)[nH]c3ccccc32)ccc1Br. The first-order chi connectivity index (χ1) is 10.5. The van der Waals surface area contributed by atoms with E-state index >= 15 is 0 Å². The van der Waals surface area contributed by atoms with Crippen LogP contribution in [0.5, 0.6) is 0 Å². The molecule has 1 heterocycles. The average Bonchev–Trinajstić information content (AvgIpc) is 2.79. The Balaban J connectivity index is 1.82. The van der Waals surface area contributed by atoms with Gasteiger partial charge in [-0.1, -0.05) is 28.1 Å². The fourth-order valence-corrected chi connectivity index (χ4v) is 2.58. The highest BCUT2D eigenvalue weighted by Crippen LogP contribution is 2.20. The number of H-pyrrole nitrogens is 1. The van der Waals surface area contributed by atoms with E-state index < -0.39 is 0 Å². The number of fused-ring (bicyclic) bond motifs is 1. The summed E-state index contributed by atoms with van der Waals surface area (Å²) in [6, 6.07) is 12.9. The minimum atomic E-state index is -0.289. The second kappa shape index (κ2) is 5.81. The molecule has 3 rings (SSSR count). The number of amides is 1. The van der Waals surface area contributed by atoms with E-state index in [1.54, 1.807) is 0 Å². The smallest absolute Gasteiger partial charge is 0.325 e. The van der Waals surface area contributed by atoms with E-state index in [0.29, 0.717) is 5.69 Å². The van der Waals surface area contributed by atoms with Gasteiger partial charge in [0.15, 0.2) is 0 Å². The molecule has 0 fully saturated rings. The number of aromatic amines is 1. The second-order valence-electron chi connectivity index (χ2n) is 5.05. The molecular weight excluding hydrogens is 346 g/mol. The monoisotopic (exact) mass is 359 g/mol. The molecule has 0 aliphatic heterocycles. The summed E-state index contributed by atoms with van der Waals surface area (Å²) in [6.07, 6.45) is 0. The van der Waals surface area contributed by atoms with E-state index in [2.05, 4.69) is 26.2 Å². The van der Waals surface area contributed by atoms with Crippen LogP contribution in [-0.4, -0.2) is 15.5 Å². The van der Waals surface area contributed by atoms with Gasteiger partial charge in [-0.05, 0) is 42.8 Å². The number of aromatic nitrogens is 2. The van der Waals surface area contributed by atoms with E-state index in [1.165, 1.54) is 4.57 Å². The maximum atomic E-state index is 12.2. The van der Waals surface area contributed by atoms with Gasteiger partial charge in [0.05, 0.1) is 11.0 Å². The highest BCUT2D eigenvalue weighted by Gasteiger charge is 2.10. The molecule has 6 heteroatoms. The fraction of sp³-hybridized carbons (Fsp3) is 0.125. The van der Waals surface area contributed by atoms with Crippen molar-refractivity contribution in [2.45, 2.75) is 13.5 Å². The second-order valence-corrected chi connectivity index (χ2v) is 5.90. The number of nitrogens with one attached hydrogen (secondary N) is 2. The number of anilines is 1. The van der Waals surface area contributed by atoms with E-state index in [0.717, 1.165) is 21.1 Å². The first-order valence-electron chi connectivity index (χ1n) is 6.78. The predicted octanol–water partition coefficient (Wildman–Crippen LogP) is 3.04. The minimum absolute atomic E-state index is 0.0298. The van der Waals surface area contributed by atoms with E-state index in [9.17, 15) is 9.59 Å². The Morgan fingerprint density at radius 1 is 1.27 bits per heavy atom. The van der Waals surface area contributed by atoms with Crippen molar-refractivity contribution < 1.29 is 4.79 Å². The summed E-state index contributed by atoms with van der Waals surface area (Å²) in [7, 11) is 0. The van der Waals surface area contributed by atoms with Crippen molar-refractivity contribution in [1.82, 2.24) is 9.55 Å². The summed E-state index contributed by atoms with van der Waals surface area (Å²) in [6.45, 7) is 1.92. The van der Waals surface area contributed by atoms with Gasteiger partial charge in [0.25, 0.3) is 0 Å². The summed E-state index contributed by atoms with van der Waals surface area (Å²) in [4.78, 5) is 26.9. The quantitative estimate of drug-likeness (QED) is 0.754. The number of aryl methyl sites for hydroxylation is 1. The number of hydrogen-bond acceptors (Lipinski definition) is 2. The number of imidazole rings is 1. The standard InChI is InChI=1S/C16H14BrN3O2/c1-10-8-11(6-7-12(10)17)18-15(21)9-20-14-5-3-2-4-13(14)19-16(20)22/h2-8H,9H2,1H3,(H,18,21)(H,19,22). The molecule has 1 aromatic heterocycles. The molecule has 2 N–H and O–H groups in total. The topological polar surface area (TPSA) is 66.9 Å². The van der Waals surface area contributed by atoms with Crippen LogP contribution >= 0.6 is 15.9 Å². The number of carbonyl (C=O) groups excluding carboxylic acids is 1. The third-order valence-electron chi connectivity index (χ3n) is 3.43. The van der Waals surface area contributed by atoms with Gasteiger partial charge in [-0.15, -0.1) is 0 Å². The van der Waals surface area contributed by atoms with Crippen LogP contribution in [0.1, 0.15) is 5.56 Å². The van der Waals surface area contributed by atoms with Crippen LogP contribution in [0.3, 0.4) is 0 Å². The third-order valence-corrected chi connectivity index (χ3v) is 4.31. The summed E-state index contributed by atoms with van der Waals surface area (Å²) >= 11 is 3.42. The summed E-state index contributed by atoms with van der Waals surface area (Å²) in [5.41, 5.74) is 2.89.